The van der Waals surface area contributed by atoms with Crippen molar-refractivity contribution in [2.75, 3.05) is 13.7 Å². The Labute approximate surface area is 144 Å². The first-order valence-electron chi connectivity index (χ1n) is 7.94. The lowest BCUT2D eigenvalue weighted by molar-refractivity contribution is -0.385. The number of benzene rings is 2. The molecule has 1 aliphatic rings. The van der Waals surface area contributed by atoms with Gasteiger partial charge in [-0.3, -0.25) is 14.9 Å². The van der Waals surface area contributed by atoms with E-state index in [9.17, 15) is 20.0 Å². The van der Waals surface area contributed by atoms with Gasteiger partial charge in [0.2, 0.25) is 5.75 Å². The van der Waals surface area contributed by atoms with Crippen LogP contribution in [0, 0.1) is 10.1 Å². The van der Waals surface area contributed by atoms with Crippen LogP contribution in [0.1, 0.15) is 34.8 Å². The molecule has 1 heterocycles. The van der Waals surface area contributed by atoms with Crippen LogP contribution in [0.4, 0.5) is 5.69 Å². The van der Waals surface area contributed by atoms with Gasteiger partial charge in [0.1, 0.15) is 5.75 Å². The van der Waals surface area contributed by atoms with Crippen molar-refractivity contribution >= 4 is 11.6 Å². The van der Waals surface area contributed by atoms with Crippen LogP contribution in [0.15, 0.2) is 42.5 Å². The first-order chi connectivity index (χ1) is 12.0. The van der Waals surface area contributed by atoms with Crippen LogP contribution < -0.4 is 4.74 Å². The van der Waals surface area contributed by atoms with Gasteiger partial charge in [0, 0.05) is 12.6 Å². The number of nitrogens with zero attached hydrogens (tertiary/aromatic N) is 2. The van der Waals surface area contributed by atoms with Gasteiger partial charge in [-0.05, 0) is 36.6 Å². The Morgan fingerprint density at radius 1 is 1.32 bits per heavy atom. The molecular formula is C18H18N2O5. The number of carbonyl (C=O) groups is 1. The zero-order chi connectivity index (χ0) is 18.0. The second kappa shape index (κ2) is 6.80. The van der Waals surface area contributed by atoms with Crippen molar-refractivity contribution in [1.29, 1.82) is 0 Å². The number of ether oxygens (including phenoxy) is 1. The SMILES string of the molecule is COc1cccc([C@@H]2CCCN2C(=O)c2cccc([N+](=O)[O-])c2O)c1. The number of nitro benzene ring substituents is 1. The van der Waals surface area contributed by atoms with E-state index >= 15 is 0 Å². The number of amides is 1. The van der Waals surface area contributed by atoms with Gasteiger partial charge in [-0.25, -0.2) is 0 Å². The number of phenolic OH excluding ortho intramolecular Hbond substituents is 1. The molecule has 0 aliphatic carbocycles. The van der Waals surface area contributed by atoms with Crippen LogP contribution in [-0.4, -0.2) is 34.5 Å². The van der Waals surface area contributed by atoms with Crippen molar-refractivity contribution in [3.63, 3.8) is 0 Å². The summed E-state index contributed by atoms with van der Waals surface area (Å²) in [6.07, 6.45) is 1.61. The van der Waals surface area contributed by atoms with Crippen LogP contribution in [0.25, 0.3) is 0 Å². The zero-order valence-corrected chi connectivity index (χ0v) is 13.7. The molecule has 0 bridgehead atoms. The summed E-state index contributed by atoms with van der Waals surface area (Å²) in [5.74, 6) is -0.296. The molecule has 0 spiro atoms. The van der Waals surface area contributed by atoms with E-state index in [0.29, 0.717) is 12.3 Å². The van der Waals surface area contributed by atoms with Crippen molar-refractivity contribution in [2.24, 2.45) is 0 Å². The summed E-state index contributed by atoms with van der Waals surface area (Å²) in [6.45, 7) is 0.531. The molecule has 1 aliphatic heterocycles. The van der Waals surface area contributed by atoms with E-state index in [2.05, 4.69) is 0 Å². The van der Waals surface area contributed by atoms with E-state index in [4.69, 9.17) is 4.74 Å². The summed E-state index contributed by atoms with van der Waals surface area (Å²) in [7, 11) is 1.58. The lowest BCUT2D eigenvalue weighted by Gasteiger charge is -2.25. The molecule has 7 nitrogen and oxygen atoms in total. The number of rotatable bonds is 4. The third kappa shape index (κ3) is 3.13. The Kier molecular flexibility index (Phi) is 4.56. The smallest absolute Gasteiger partial charge is 0.311 e. The van der Waals surface area contributed by atoms with E-state index in [1.165, 1.54) is 18.2 Å². The minimum Gasteiger partial charge on any atom is -0.502 e. The van der Waals surface area contributed by atoms with Gasteiger partial charge in [-0.15, -0.1) is 0 Å². The van der Waals surface area contributed by atoms with Crippen LogP contribution >= 0.6 is 0 Å². The normalized spacial score (nSPS) is 16.7. The highest BCUT2D eigenvalue weighted by Gasteiger charge is 2.33. The molecule has 0 aromatic heterocycles. The molecule has 130 valence electrons. The van der Waals surface area contributed by atoms with Crippen LogP contribution in [0.2, 0.25) is 0 Å². The molecule has 0 saturated carbocycles. The monoisotopic (exact) mass is 342 g/mol. The van der Waals surface area contributed by atoms with Crippen molar-refractivity contribution in [2.45, 2.75) is 18.9 Å². The fourth-order valence-corrected chi connectivity index (χ4v) is 3.21. The molecule has 1 saturated heterocycles. The fourth-order valence-electron chi connectivity index (χ4n) is 3.21. The van der Waals surface area contributed by atoms with E-state index in [1.54, 1.807) is 12.0 Å². The first kappa shape index (κ1) is 16.8. The second-order valence-corrected chi connectivity index (χ2v) is 5.86. The topological polar surface area (TPSA) is 92.9 Å². The maximum atomic E-state index is 12.9. The average molecular weight is 342 g/mol. The lowest BCUT2D eigenvalue weighted by atomic mass is 10.0. The van der Waals surface area contributed by atoms with Crippen molar-refractivity contribution < 1.29 is 19.6 Å². The Morgan fingerprint density at radius 3 is 2.80 bits per heavy atom. The standard InChI is InChI=1S/C18H18N2O5/c1-25-13-6-2-5-12(11-13)15-9-4-10-19(15)18(22)14-7-3-8-16(17(14)21)20(23)24/h2-3,5-8,11,15,21H,4,9-10H2,1H3/t15-/m0/s1. The quantitative estimate of drug-likeness (QED) is 0.680. The largest absolute Gasteiger partial charge is 0.502 e. The Hall–Kier alpha value is -3.09. The second-order valence-electron chi connectivity index (χ2n) is 5.86. The zero-order valence-electron chi connectivity index (χ0n) is 13.7. The number of aromatic hydroxyl groups is 1. The molecule has 3 rings (SSSR count). The van der Waals surface area contributed by atoms with Crippen LogP contribution in [0.5, 0.6) is 11.5 Å². The van der Waals surface area contributed by atoms with Gasteiger partial charge < -0.3 is 14.7 Å². The van der Waals surface area contributed by atoms with Crippen molar-refractivity contribution in [3.8, 4) is 11.5 Å². The summed E-state index contributed by atoms with van der Waals surface area (Å²) in [5.41, 5.74) is 0.419. The third-order valence-corrected chi connectivity index (χ3v) is 4.43. The van der Waals surface area contributed by atoms with Crippen LogP contribution in [0.3, 0.4) is 0 Å². The first-order valence-corrected chi connectivity index (χ1v) is 7.94. The Balaban J connectivity index is 1.94. The summed E-state index contributed by atoms with van der Waals surface area (Å²) < 4.78 is 5.24. The maximum Gasteiger partial charge on any atom is 0.311 e. The van der Waals surface area contributed by atoms with E-state index < -0.39 is 22.3 Å². The number of methoxy groups -OCH3 is 1. The molecule has 25 heavy (non-hydrogen) atoms. The number of para-hydroxylation sites is 1. The molecule has 0 unspecified atom stereocenters. The van der Waals surface area contributed by atoms with Gasteiger partial charge in [0.25, 0.3) is 5.91 Å². The number of nitro groups is 1. The number of hydrogen-bond donors (Lipinski definition) is 1. The summed E-state index contributed by atoms with van der Waals surface area (Å²) in [4.78, 5) is 24.8. The molecule has 0 radical (unpaired) electrons. The van der Waals surface area contributed by atoms with Crippen LogP contribution in [-0.2, 0) is 0 Å². The molecule has 7 heteroatoms. The predicted octanol–water partition coefficient (Wildman–Crippen LogP) is 3.29. The fraction of sp³-hybridized carbons (Fsp3) is 0.278. The third-order valence-electron chi connectivity index (χ3n) is 4.43. The van der Waals surface area contributed by atoms with E-state index in [-0.39, 0.29) is 11.6 Å². The number of likely N-dealkylation sites (tertiary alicyclic amines) is 1. The van der Waals surface area contributed by atoms with Gasteiger partial charge in [-0.1, -0.05) is 18.2 Å². The minimum absolute atomic E-state index is 0.0519. The minimum atomic E-state index is -0.699. The molecule has 1 amide bonds. The molecule has 1 atom stereocenters. The predicted molar refractivity (Wildman–Crippen MR) is 90.8 cm³/mol. The molecule has 1 N–H and O–H groups in total. The van der Waals surface area contributed by atoms with Crippen molar-refractivity contribution in [3.05, 3.63) is 63.7 Å². The summed E-state index contributed by atoms with van der Waals surface area (Å²) >= 11 is 0. The van der Waals surface area contributed by atoms with E-state index in [1.807, 2.05) is 24.3 Å². The molecule has 2 aromatic carbocycles. The average Bonchev–Trinajstić information content (AvgIpc) is 3.11. The van der Waals surface area contributed by atoms with Gasteiger partial charge in [0.05, 0.1) is 23.6 Å². The highest BCUT2D eigenvalue weighted by molar-refractivity contribution is 5.98. The summed E-state index contributed by atoms with van der Waals surface area (Å²) in [6, 6.07) is 11.3. The maximum absolute atomic E-state index is 12.9. The number of phenols is 1. The lowest BCUT2D eigenvalue weighted by Crippen LogP contribution is -2.30. The molecule has 1 fully saturated rings. The van der Waals surface area contributed by atoms with E-state index in [0.717, 1.165) is 18.4 Å². The summed E-state index contributed by atoms with van der Waals surface area (Å²) in [5, 5.41) is 21.1. The van der Waals surface area contributed by atoms with Gasteiger partial charge in [0.15, 0.2) is 0 Å². The Morgan fingerprint density at radius 2 is 2.08 bits per heavy atom. The van der Waals surface area contributed by atoms with Crippen molar-refractivity contribution in [1.82, 2.24) is 4.90 Å². The highest BCUT2D eigenvalue weighted by atomic mass is 16.6. The number of carbonyl (C=O) groups excluding carboxylic acids is 1. The Bertz CT molecular complexity index is 821. The molecule has 2 aromatic rings. The van der Waals surface area contributed by atoms with Gasteiger partial charge in [-0.2, -0.15) is 0 Å². The van der Waals surface area contributed by atoms with Gasteiger partial charge >= 0.3 is 5.69 Å². The number of hydrogen-bond acceptors (Lipinski definition) is 5. The highest BCUT2D eigenvalue weighted by Crippen LogP contribution is 2.37. The molecular weight excluding hydrogens is 324 g/mol.